The first-order valence-electron chi connectivity index (χ1n) is 8.70. The summed E-state index contributed by atoms with van der Waals surface area (Å²) in [6.45, 7) is 4.30. The predicted octanol–water partition coefficient (Wildman–Crippen LogP) is 2.85. The molecule has 0 radical (unpaired) electrons. The van der Waals surface area contributed by atoms with Gasteiger partial charge in [0, 0.05) is 12.1 Å². The molecule has 3 heteroatoms. The summed E-state index contributed by atoms with van der Waals surface area (Å²) in [5.74, 6) is 2.91. The molecule has 20 heavy (non-hydrogen) atoms. The van der Waals surface area contributed by atoms with Crippen LogP contribution in [-0.4, -0.2) is 24.0 Å². The molecule has 0 aliphatic heterocycles. The highest BCUT2D eigenvalue weighted by Crippen LogP contribution is 2.49. The molecular formula is C17H30N2O. The lowest BCUT2D eigenvalue weighted by molar-refractivity contribution is -0.123. The summed E-state index contributed by atoms with van der Waals surface area (Å²) < 4.78 is 0. The van der Waals surface area contributed by atoms with E-state index >= 15 is 0 Å². The normalized spacial score (nSPS) is 36.2. The highest BCUT2D eigenvalue weighted by molar-refractivity contribution is 5.81. The van der Waals surface area contributed by atoms with E-state index in [9.17, 15) is 4.79 Å². The van der Waals surface area contributed by atoms with Crippen molar-refractivity contribution < 1.29 is 4.79 Å². The zero-order valence-corrected chi connectivity index (χ0v) is 13.0. The molecule has 2 bridgehead atoms. The number of nitrogens with one attached hydrogen (secondary N) is 2. The molecule has 1 amide bonds. The Hall–Kier alpha value is -0.570. The highest BCUT2D eigenvalue weighted by Gasteiger charge is 2.42. The van der Waals surface area contributed by atoms with E-state index in [1.807, 2.05) is 6.92 Å². The summed E-state index contributed by atoms with van der Waals surface area (Å²) in [4.78, 5) is 12.2. The van der Waals surface area contributed by atoms with Crippen LogP contribution in [0, 0.1) is 17.8 Å². The summed E-state index contributed by atoms with van der Waals surface area (Å²) in [6.07, 6.45) is 10.6. The molecule has 3 rings (SSSR count). The van der Waals surface area contributed by atoms with E-state index in [0.717, 1.165) is 17.8 Å². The predicted molar refractivity (Wildman–Crippen MR) is 81.4 cm³/mol. The van der Waals surface area contributed by atoms with Gasteiger partial charge in [-0.25, -0.2) is 0 Å². The Morgan fingerprint density at radius 3 is 2.40 bits per heavy atom. The Morgan fingerprint density at radius 2 is 1.80 bits per heavy atom. The van der Waals surface area contributed by atoms with Crippen molar-refractivity contribution in [3.8, 4) is 0 Å². The summed E-state index contributed by atoms with van der Waals surface area (Å²) in [7, 11) is 0. The maximum Gasteiger partial charge on any atom is 0.237 e. The van der Waals surface area contributed by atoms with Gasteiger partial charge < -0.3 is 10.6 Å². The van der Waals surface area contributed by atoms with E-state index < -0.39 is 0 Å². The molecule has 0 aromatic heterocycles. The van der Waals surface area contributed by atoms with Gasteiger partial charge in [0.15, 0.2) is 0 Å². The SMILES string of the molecule is CC(NC(C)C1C[C@H]2CC[C@@H]1C2)C(=O)NC1CCCC1. The average molecular weight is 278 g/mol. The Balaban J connectivity index is 1.45. The van der Waals surface area contributed by atoms with Gasteiger partial charge in [-0.3, -0.25) is 4.79 Å². The fourth-order valence-electron chi connectivity index (χ4n) is 4.90. The third-order valence-electron chi connectivity index (χ3n) is 6.04. The maximum absolute atomic E-state index is 12.2. The largest absolute Gasteiger partial charge is 0.352 e. The van der Waals surface area contributed by atoms with Gasteiger partial charge in [-0.15, -0.1) is 0 Å². The lowest BCUT2D eigenvalue weighted by atomic mass is 9.84. The van der Waals surface area contributed by atoms with Crippen molar-refractivity contribution in [2.75, 3.05) is 0 Å². The highest BCUT2D eigenvalue weighted by atomic mass is 16.2. The van der Waals surface area contributed by atoms with E-state index in [2.05, 4.69) is 17.6 Å². The molecule has 3 aliphatic carbocycles. The number of carbonyl (C=O) groups is 1. The van der Waals surface area contributed by atoms with Crippen molar-refractivity contribution in [3.05, 3.63) is 0 Å². The van der Waals surface area contributed by atoms with Gasteiger partial charge in [-0.05, 0) is 63.7 Å². The number of hydrogen-bond donors (Lipinski definition) is 2. The van der Waals surface area contributed by atoms with E-state index in [-0.39, 0.29) is 11.9 Å². The molecule has 0 spiro atoms. The second-order valence-electron chi connectivity index (χ2n) is 7.51. The minimum atomic E-state index is -0.0512. The van der Waals surface area contributed by atoms with Crippen molar-refractivity contribution in [1.82, 2.24) is 10.6 Å². The van der Waals surface area contributed by atoms with Crippen LogP contribution < -0.4 is 10.6 Å². The fraction of sp³-hybridized carbons (Fsp3) is 0.941. The molecule has 3 unspecified atom stereocenters. The first-order valence-corrected chi connectivity index (χ1v) is 8.70. The van der Waals surface area contributed by atoms with E-state index in [4.69, 9.17) is 0 Å². The second-order valence-corrected chi connectivity index (χ2v) is 7.51. The Bertz CT molecular complexity index is 351. The van der Waals surface area contributed by atoms with Crippen molar-refractivity contribution in [3.63, 3.8) is 0 Å². The average Bonchev–Trinajstić information content (AvgIpc) is 3.15. The van der Waals surface area contributed by atoms with Crippen LogP contribution in [0.5, 0.6) is 0 Å². The quantitative estimate of drug-likeness (QED) is 0.812. The summed E-state index contributed by atoms with van der Waals surface area (Å²) >= 11 is 0. The fourth-order valence-corrected chi connectivity index (χ4v) is 4.90. The Morgan fingerprint density at radius 1 is 1.05 bits per heavy atom. The number of fused-ring (bicyclic) bond motifs is 2. The van der Waals surface area contributed by atoms with Crippen molar-refractivity contribution in [2.45, 2.75) is 83.3 Å². The van der Waals surface area contributed by atoms with Crippen LogP contribution in [-0.2, 0) is 4.79 Å². The molecular weight excluding hydrogens is 248 g/mol. The third-order valence-corrected chi connectivity index (χ3v) is 6.04. The lowest BCUT2D eigenvalue weighted by Gasteiger charge is -2.31. The molecule has 3 saturated carbocycles. The zero-order chi connectivity index (χ0) is 14.1. The molecule has 3 aliphatic rings. The minimum Gasteiger partial charge on any atom is -0.352 e. The van der Waals surface area contributed by atoms with Crippen LogP contribution in [0.3, 0.4) is 0 Å². The summed E-state index contributed by atoms with van der Waals surface area (Å²) in [6, 6.07) is 0.865. The van der Waals surface area contributed by atoms with Gasteiger partial charge in [0.25, 0.3) is 0 Å². The number of hydrogen-bond acceptors (Lipinski definition) is 2. The third kappa shape index (κ3) is 3.03. The Labute approximate surface area is 123 Å². The van der Waals surface area contributed by atoms with Crippen molar-refractivity contribution in [1.29, 1.82) is 0 Å². The van der Waals surface area contributed by atoms with E-state index in [0.29, 0.717) is 12.1 Å². The van der Waals surface area contributed by atoms with Gasteiger partial charge in [0.2, 0.25) is 5.91 Å². The summed E-state index contributed by atoms with van der Waals surface area (Å²) in [5.41, 5.74) is 0. The zero-order valence-electron chi connectivity index (χ0n) is 13.0. The van der Waals surface area contributed by atoms with Crippen LogP contribution in [0.15, 0.2) is 0 Å². The van der Waals surface area contributed by atoms with Gasteiger partial charge >= 0.3 is 0 Å². The maximum atomic E-state index is 12.2. The molecule has 3 fully saturated rings. The first kappa shape index (κ1) is 14.4. The Kier molecular flexibility index (Phi) is 4.34. The van der Waals surface area contributed by atoms with Crippen LogP contribution in [0.1, 0.15) is 65.2 Å². The molecule has 5 atom stereocenters. The summed E-state index contributed by atoms with van der Waals surface area (Å²) in [5, 5.41) is 6.78. The van der Waals surface area contributed by atoms with Crippen molar-refractivity contribution >= 4 is 5.91 Å². The molecule has 3 nitrogen and oxygen atoms in total. The molecule has 0 heterocycles. The van der Waals surface area contributed by atoms with Crippen LogP contribution in [0.2, 0.25) is 0 Å². The molecule has 2 N–H and O–H groups in total. The van der Waals surface area contributed by atoms with Gasteiger partial charge in [0.05, 0.1) is 6.04 Å². The molecule has 0 aromatic carbocycles. The van der Waals surface area contributed by atoms with Gasteiger partial charge in [-0.1, -0.05) is 19.3 Å². The monoisotopic (exact) mass is 278 g/mol. The van der Waals surface area contributed by atoms with Crippen LogP contribution >= 0.6 is 0 Å². The molecule has 0 saturated heterocycles. The molecule has 114 valence electrons. The lowest BCUT2D eigenvalue weighted by Crippen LogP contribution is -2.50. The van der Waals surface area contributed by atoms with Gasteiger partial charge in [-0.2, -0.15) is 0 Å². The smallest absolute Gasteiger partial charge is 0.237 e. The van der Waals surface area contributed by atoms with Crippen molar-refractivity contribution in [2.24, 2.45) is 17.8 Å². The van der Waals surface area contributed by atoms with E-state index in [1.165, 1.54) is 51.4 Å². The van der Waals surface area contributed by atoms with Gasteiger partial charge in [0.1, 0.15) is 0 Å². The van der Waals surface area contributed by atoms with Crippen LogP contribution in [0.25, 0.3) is 0 Å². The number of rotatable bonds is 5. The number of carbonyl (C=O) groups excluding carboxylic acids is 1. The first-order chi connectivity index (χ1) is 9.63. The minimum absolute atomic E-state index is 0.0512. The van der Waals surface area contributed by atoms with Crippen LogP contribution in [0.4, 0.5) is 0 Å². The number of amides is 1. The molecule has 0 aromatic rings. The standard InChI is InChI=1S/C17H30N2O/c1-11(16-10-13-7-8-14(16)9-13)18-12(2)17(20)19-15-5-3-4-6-15/h11-16,18H,3-10H2,1-2H3,(H,19,20)/t11?,12?,13-,14+,16?/m0/s1. The topological polar surface area (TPSA) is 41.1 Å². The van der Waals surface area contributed by atoms with E-state index in [1.54, 1.807) is 0 Å². The second kappa shape index (κ2) is 6.05.